The van der Waals surface area contributed by atoms with Gasteiger partial charge in [0.2, 0.25) is 0 Å². The van der Waals surface area contributed by atoms with Crippen molar-refractivity contribution in [2.24, 2.45) is 0 Å². The van der Waals surface area contributed by atoms with E-state index >= 15 is 0 Å². The third kappa shape index (κ3) is 4.71. The second-order valence-electron chi connectivity index (χ2n) is 9.00. The van der Waals surface area contributed by atoms with E-state index < -0.39 is 0 Å². The van der Waals surface area contributed by atoms with Crippen LogP contribution in [0, 0.1) is 19.7 Å². The van der Waals surface area contributed by atoms with Crippen LogP contribution < -0.4 is 15.0 Å². The number of hydrogen-bond acceptors (Lipinski definition) is 6. The Balaban J connectivity index is 1.37. The molecule has 1 unspecified atom stereocenters. The standard InChI is InChI=1S/C27H31FN6O/c1-4-35-22-10-11-24(23(28)16-22)34-19(3)25-18(2)30-31-27(26(25)32-34)33-15-13-21(17-33)29-14-12-20-8-6-5-7-9-20/h5-11,16,21,29H,4,12-15,17H2,1-3H3. The Bertz CT molecular complexity index is 1320. The highest BCUT2D eigenvalue weighted by Crippen LogP contribution is 2.32. The number of halogens is 1. The maximum atomic E-state index is 15.0. The van der Waals surface area contributed by atoms with Gasteiger partial charge in [-0.05, 0) is 57.9 Å². The molecule has 1 N–H and O–H groups in total. The van der Waals surface area contributed by atoms with Gasteiger partial charge in [-0.3, -0.25) is 0 Å². The lowest BCUT2D eigenvalue weighted by Gasteiger charge is -2.18. The molecule has 0 radical (unpaired) electrons. The molecule has 35 heavy (non-hydrogen) atoms. The molecule has 0 amide bonds. The van der Waals surface area contributed by atoms with Crippen molar-refractivity contribution in [1.82, 2.24) is 25.3 Å². The normalized spacial score (nSPS) is 15.8. The van der Waals surface area contributed by atoms with Crippen LogP contribution in [0.3, 0.4) is 0 Å². The molecular weight excluding hydrogens is 443 g/mol. The summed E-state index contributed by atoms with van der Waals surface area (Å²) < 4.78 is 22.1. The minimum absolute atomic E-state index is 0.378. The molecule has 0 bridgehead atoms. The summed E-state index contributed by atoms with van der Waals surface area (Å²) in [6.45, 7) is 8.88. The monoisotopic (exact) mass is 474 g/mol. The van der Waals surface area contributed by atoms with Crippen molar-refractivity contribution in [3.8, 4) is 11.4 Å². The van der Waals surface area contributed by atoms with Crippen LogP contribution >= 0.6 is 0 Å². The fraction of sp³-hybridized carbons (Fsp3) is 0.370. The lowest BCUT2D eigenvalue weighted by atomic mass is 10.1. The molecule has 1 saturated heterocycles. The van der Waals surface area contributed by atoms with Crippen LogP contribution in [-0.2, 0) is 6.42 Å². The molecule has 7 nitrogen and oxygen atoms in total. The van der Waals surface area contributed by atoms with E-state index in [1.165, 1.54) is 11.6 Å². The Kier molecular flexibility index (Phi) is 6.63. The van der Waals surface area contributed by atoms with E-state index in [0.29, 0.717) is 24.1 Å². The van der Waals surface area contributed by atoms with E-state index in [9.17, 15) is 4.39 Å². The van der Waals surface area contributed by atoms with Gasteiger partial charge in [-0.2, -0.15) is 10.2 Å². The Labute approximate surface area is 204 Å². The fourth-order valence-electron chi connectivity index (χ4n) is 4.86. The molecule has 4 aromatic rings. The number of benzene rings is 2. The molecule has 2 aromatic carbocycles. The highest BCUT2D eigenvalue weighted by molar-refractivity contribution is 5.92. The molecule has 8 heteroatoms. The largest absolute Gasteiger partial charge is 0.494 e. The van der Waals surface area contributed by atoms with E-state index in [1.54, 1.807) is 16.8 Å². The first-order valence-corrected chi connectivity index (χ1v) is 12.2. The molecule has 0 aliphatic carbocycles. The van der Waals surface area contributed by atoms with Crippen LogP contribution in [0.4, 0.5) is 10.2 Å². The van der Waals surface area contributed by atoms with E-state index in [0.717, 1.165) is 60.6 Å². The summed E-state index contributed by atoms with van der Waals surface area (Å²) >= 11 is 0. The molecule has 182 valence electrons. The van der Waals surface area contributed by atoms with Crippen LogP contribution in [0.25, 0.3) is 16.6 Å². The molecule has 1 atom stereocenters. The van der Waals surface area contributed by atoms with Gasteiger partial charge in [-0.1, -0.05) is 30.3 Å². The quantitative estimate of drug-likeness (QED) is 0.409. The predicted molar refractivity (Wildman–Crippen MR) is 136 cm³/mol. The third-order valence-electron chi connectivity index (χ3n) is 6.62. The molecule has 3 heterocycles. The maximum Gasteiger partial charge on any atom is 0.179 e. The SMILES string of the molecule is CCOc1ccc(-n2nc3c(N4CCC(NCCc5ccccc5)C4)nnc(C)c3c2C)c(F)c1. The van der Waals surface area contributed by atoms with Gasteiger partial charge in [0.05, 0.1) is 23.4 Å². The third-order valence-corrected chi connectivity index (χ3v) is 6.62. The summed E-state index contributed by atoms with van der Waals surface area (Å²) in [6.07, 6.45) is 2.03. The first kappa shape index (κ1) is 23.2. The van der Waals surface area contributed by atoms with Gasteiger partial charge < -0.3 is 15.0 Å². The van der Waals surface area contributed by atoms with E-state index in [1.807, 2.05) is 26.8 Å². The van der Waals surface area contributed by atoms with E-state index in [2.05, 4.69) is 44.7 Å². The Hall–Kier alpha value is -3.52. The molecule has 0 spiro atoms. The Morgan fingerprint density at radius 2 is 1.94 bits per heavy atom. The number of aryl methyl sites for hydroxylation is 2. The topological polar surface area (TPSA) is 68.1 Å². The van der Waals surface area contributed by atoms with Gasteiger partial charge in [0.1, 0.15) is 17.0 Å². The number of anilines is 1. The Morgan fingerprint density at radius 1 is 1.11 bits per heavy atom. The molecule has 1 aliphatic heterocycles. The van der Waals surface area contributed by atoms with Crippen LogP contribution in [-0.4, -0.2) is 52.3 Å². The van der Waals surface area contributed by atoms with Crippen molar-refractivity contribution in [2.75, 3.05) is 31.1 Å². The molecule has 2 aromatic heterocycles. The lowest BCUT2D eigenvalue weighted by Crippen LogP contribution is -2.34. The summed E-state index contributed by atoms with van der Waals surface area (Å²) in [7, 11) is 0. The smallest absolute Gasteiger partial charge is 0.179 e. The van der Waals surface area contributed by atoms with Crippen molar-refractivity contribution in [1.29, 1.82) is 0 Å². The van der Waals surface area contributed by atoms with Gasteiger partial charge >= 0.3 is 0 Å². The fourth-order valence-corrected chi connectivity index (χ4v) is 4.86. The summed E-state index contributed by atoms with van der Waals surface area (Å²) in [5.41, 5.74) is 4.11. The zero-order chi connectivity index (χ0) is 24.4. The van der Waals surface area contributed by atoms with Gasteiger partial charge in [-0.25, -0.2) is 9.07 Å². The summed E-state index contributed by atoms with van der Waals surface area (Å²) in [5, 5.41) is 18.4. The van der Waals surface area contributed by atoms with Crippen molar-refractivity contribution < 1.29 is 9.13 Å². The number of hydrogen-bond donors (Lipinski definition) is 1. The summed E-state index contributed by atoms with van der Waals surface area (Å²) in [5.74, 6) is 0.883. The van der Waals surface area contributed by atoms with Gasteiger partial charge in [0, 0.05) is 25.2 Å². The maximum absolute atomic E-state index is 15.0. The molecule has 1 aliphatic rings. The number of ether oxygens (including phenoxy) is 1. The number of nitrogens with zero attached hydrogens (tertiary/aromatic N) is 5. The minimum Gasteiger partial charge on any atom is -0.494 e. The molecule has 5 rings (SSSR count). The Morgan fingerprint density at radius 3 is 2.71 bits per heavy atom. The number of aromatic nitrogens is 4. The van der Waals surface area contributed by atoms with E-state index in [4.69, 9.17) is 9.84 Å². The molecule has 1 fully saturated rings. The van der Waals surface area contributed by atoms with Crippen LogP contribution in [0.2, 0.25) is 0 Å². The van der Waals surface area contributed by atoms with Crippen LogP contribution in [0.5, 0.6) is 5.75 Å². The summed E-state index contributed by atoms with van der Waals surface area (Å²) in [6, 6.07) is 15.8. The number of rotatable bonds is 8. The van der Waals surface area contributed by atoms with Crippen molar-refractivity contribution in [3.63, 3.8) is 0 Å². The lowest BCUT2D eigenvalue weighted by molar-refractivity contribution is 0.338. The van der Waals surface area contributed by atoms with Crippen molar-refractivity contribution in [3.05, 3.63) is 71.3 Å². The van der Waals surface area contributed by atoms with Crippen molar-refractivity contribution >= 4 is 16.7 Å². The first-order valence-electron chi connectivity index (χ1n) is 12.2. The summed E-state index contributed by atoms with van der Waals surface area (Å²) in [4.78, 5) is 2.24. The highest BCUT2D eigenvalue weighted by atomic mass is 19.1. The van der Waals surface area contributed by atoms with Gasteiger partial charge in [0.25, 0.3) is 0 Å². The zero-order valence-electron chi connectivity index (χ0n) is 20.5. The zero-order valence-corrected chi connectivity index (χ0v) is 20.5. The highest BCUT2D eigenvalue weighted by Gasteiger charge is 2.27. The van der Waals surface area contributed by atoms with Crippen LogP contribution in [0.1, 0.15) is 30.3 Å². The molecular formula is C27H31FN6O. The van der Waals surface area contributed by atoms with E-state index in [-0.39, 0.29) is 5.82 Å². The average Bonchev–Trinajstić information content (AvgIpc) is 3.46. The minimum atomic E-state index is -0.379. The predicted octanol–water partition coefficient (Wildman–Crippen LogP) is 4.38. The van der Waals surface area contributed by atoms with Crippen molar-refractivity contribution in [2.45, 2.75) is 39.7 Å². The second-order valence-corrected chi connectivity index (χ2v) is 9.00. The number of nitrogens with one attached hydrogen (secondary N) is 1. The second kappa shape index (κ2) is 10.00. The average molecular weight is 475 g/mol. The van der Waals surface area contributed by atoms with Gasteiger partial charge in [-0.15, -0.1) is 5.10 Å². The number of fused-ring (bicyclic) bond motifs is 1. The molecule has 0 saturated carbocycles. The van der Waals surface area contributed by atoms with Gasteiger partial charge in [0.15, 0.2) is 11.6 Å². The van der Waals surface area contributed by atoms with Crippen LogP contribution in [0.15, 0.2) is 48.5 Å². The first-order chi connectivity index (χ1) is 17.0.